The first-order valence-electron chi connectivity index (χ1n) is 5.61. The largest absolute Gasteiger partial charge is 0.479 e. The highest BCUT2D eigenvalue weighted by molar-refractivity contribution is 9.10. The topological polar surface area (TPSA) is 73.1 Å². The van der Waals surface area contributed by atoms with E-state index >= 15 is 0 Å². The molecule has 0 bridgehead atoms. The van der Waals surface area contributed by atoms with Crippen molar-refractivity contribution in [2.45, 2.75) is 6.18 Å². The van der Waals surface area contributed by atoms with Crippen molar-refractivity contribution in [3.63, 3.8) is 0 Å². The highest BCUT2D eigenvalue weighted by Gasteiger charge is 2.33. The van der Waals surface area contributed by atoms with E-state index < -0.39 is 11.7 Å². The van der Waals surface area contributed by atoms with Gasteiger partial charge in [-0.2, -0.15) is 18.2 Å². The number of rotatable bonds is 3. The number of benzene rings is 1. The molecule has 0 saturated heterocycles. The van der Waals surface area contributed by atoms with E-state index in [4.69, 9.17) is 10.5 Å². The number of nitrogens with two attached hydrogens (primary N) is 1. The van der Waals surface area contributed by atoms with Crippen LogP contribution in [0.3, 0.4) is 0 Å². The fourth-order valence-electron chi connectivity index (χ4n) is 1.60. The third-order valence-corrected chi connectivity index (χ3v) is 3.27. The van der Waals surface area contributed by atoms with Crippen LogP contribution in [0.25, 0.3) is 0 Å². The fourth-order valence-corrected chi connectivity index (χ4v) is 2.07. The van der Waals surface area contributed by atoms with E-state index in [1.165, 1.54) is 25.6 Å². The molecule has 0 spiro atoms. The Bertz CT molecular complexity index is 663. The number of alkyl halides is 3. The molecule has 0 aliphatic rings. The molecule has 3 N–H and O–H groups in total. The first kappa shape index (κ1) is 15.4. The van der Waals surface area contributed by atoms with Gasteiger partial charge in [-0.3, -0.25) is 0 Å². The molecule has 9 heteroatoms. The van der Waals surface area contributed by atoms with Gasteiger partial charge in [0.15, 0.2) is 5.82 Å². The molecule has 1 heterocycles. The molecule has 0 atom stereocenters. The molecule has 0 aliphatic carbocycles. The third-order valence-electron chi connectivity index (χ3n) is 2.58. The number of hydrogen-bond acceptors (Lipinski definition) is 5. The standard InChI is InChI=1S/C12H10BrF3N4O/c1-21-11-9(17)10(18-5-19-11)20-6-2-3-8(13)7(4-6)12(14,15)16/h2-5H,17H2,1H3,(H,18,19,20). The van der Waals surface area contributed by atoms with E-state index in [1.807, 2.05) is 0 Å². The summed E-state index contributed by atoms with van der Waals surface area (Å²) in [5.41, 5.74) is 5.25. The predicted octanol–water partition coefficient (Wildman–Crippen LogP) is 3.59. The number of methoxy groups -OCH3 is 1. The van der Waals surface area contributed by atoms with Crippen molar-refractivity contribution in [3.05, 3.63) is 34.6 Å². The number of hydrogen-bond donors (Lipinski definition) is 2. The maximum Gasteiger partial charge on any atom is 0.417 e. The van der Waals surface area contributed by atoms with Gasteiger partial charge < -0.3 is 15.8 Å². The Morgan fingerprint density at radius 1 is 1.29 bits per heavy atom. The van der Waals surface area contributed by atoms with E-state index in [1.54, 1.807) is 0 Å². The lowest BCUT2D eigenvalue weighted by atomic mass is 10.2. The molecule has 1 aromatic heterocycles. The molecular formula is C12H10BrF3N4O. The molecule has 0 saturated carbocycles. The highest BCUT2D eigenvalue weighted by atomic mass is 79.9. The second-order valence-electron chi connectivity index (χ2n) is 3.96. The van der Waals surface area contributed by atoms with Gasteiger partial charge in [-0.05, 0) is 18.2 Å². The Labute approximate surface area is 126 Å². The van der Waals surface area contributed by atoms with Crippen LogP contribution in [0, 0.1) is 0 Å². The van der Waals surface area contributed by atoms with E-state index in [9.17, 15) is 13.2 Å². The molecule has 0 aliphatic heterocycles. The van der Waals surface area contributed by atoms with Crippen molar-refractivity contribution in [2.75, 3.05) is 18.2 Å². The Morgan fingerprint density at radius 3 is 2.62 bits per heavy atom. The number of nitrogens with zero attached hydrogens (tertiary/aromatic N) is 2. The van der Waals surface area contributed by atoms with Gasteiger partial charge in [-0.15, -0.1) is 0 Å². The van der Waals surface area contributed by atoms with Crippen LogP contribution in [0.15, 0.2) is 29.0 Å². The molecule has 0 unspecified atom stereocenters. The van der Waals surface area contributed by atoms with Crippen molar-refractivity contribution in [2.24, 2.45) is 0 Å². The molecule has 112 valence electrons. The SMILES string of the molecule is COc1ncnc(Nc2ccc(Br)c(C(F)(F)F)c2)c1N. The maximum atomic E-state index is 12.8. The minimum atomic E-state index is -4.47. The van der Waals surface area contributed by atoms with E-state index in [0.29, 0.717) is 0 Å². The van der Waals surface area contributed by atoms with Gasteiger partial charge in [0.1, 0.15) is 12.0 Å². The van der Waals surface area contributed by atoms with Gasteiger partial charge in [-0.1, -0.05) is 15.9 Å². The van der Waals surface area contributed by atoms with E-state index in [-0.39, 0.29) is 27.5 Å². The van der Waals surface area contributed by atoms with Crippen LogP contribution in [0.1, 0.15) is 5.56 Å². The minimum Gasteiger partial charge on any atom is -0.479 e. The Hall–Kier alpha value is -2.03. The predicted molar refractivity (Wildman–Crippen MR) is 75.4 cm³/mol. The van der Waals surface area contributed by atoms with Gasteiger partial charge in [0.25, 0.3) is 0 Å². The summed E-state index contributed by atoms with van der Waals surface area (Å²) in [6.07, 6.45) is -3.27. The van der Waals surface area contributed by atoms with Gasteiger partial charge >= 0.3 is 6.18 Å². The number of ether oxygens (including phenoxy) is 1. The summed E-state index contributed by atoms with van der Waals surface area (Å²) in [7, 11) is 1.38. The van der Waals surface area contributed by atoms with Crippen LogP contribution in [-0.2, 0) is 6.18 Å². The summed E-state index contributed by atoms with van der Waals surface area (Å²) in [4.78, 5) is 7.66. The molecule has 0 fully saturated rings. The van der Waals surface area contributed by atoms with Gasteiger partial charge in [-0.25, -0.2) is 4.98 Å². The van der Waals surface area contributed by atoms with Crippen molar-refractivity contribution in [3.8, 4) is 5.88 Å². The van der Waals surface area contributed by atoms with Gasteiger partial charge in [0, 0.05) is 10.2 Å². The Kier molecular flexibility index (Phi) is 4.21. The average Bonchev–Trinajstić information content (AvgIpc) is 2.42. The maximum absolute atomic E-state index is 12.8. The van der Waals surface area contributed by atoms with Gasteiger partial charge in [0.2, 0.25) is 5.88 Å². The molecule has 1 aromatic carbocycles. The zero-order chi connectivity index (χ0) is 15.6. The van der Waals surface area contributed by atoms with Crippen molar-refractivity contribution >= 4 is 33.1 Å². The molecule has 2 aromatic rings. The zero-order valence-corrected chi connectivity index (χ0v) is 12.3. The number of nitrogens with one attached hydrogen (secondary N) is 1. The minimum absolute atomic E-state index is 0.0474. The van der Waals surface area contributed by atoms with Crippen LogP contribution in [0.5, 0.6) is 5.88 Å². The number of aromatic nitrogens is 2. The Morgan fingerprint density at radius 2 is 2.00 bits per heavy atom. The third kappa shape index (κ3) is 3.35. The summed E-state index contributed by atoms with van der Waals surface area (Å²) < 4.78 is 43.4. The normalized spacial score (nSPS) is 11.3. The number of anilines is 3. The highest BCUT2D eigenvalue weighted by Crippen LogP contribution is 2.37. The first-order chi connectivity index (χ1) is 9.82. The summed E-state index contributed by atoms with van der Waals surface area (Å²) in [6, 6.07) is 3.71. The number of halogens is 4. The van der Waals surface area contributed by atoms with Crippen LogP contribution in [-0.4, -0.2) is 17.1 Å². The monoisotopic (exact) mass is 362 g/mol. The van der Waals surface area contributed by atoms with Crippen LogP contribution in [0.4, 0.5) is 30.4 Å². The smallest absolute Gasteiger partial charge is 0.417 e. The van der Waals surface area contributed by atoms with Crippen LogP contribution < -0.4 is 15.8 Å². The second kappa shape index (κ2) is 5.76. The molecule has 5 nitrogen and oxygen atoms in total. The molecular weight excluding hydrogens is 353 g/mol. The van der Waals surface area contributed by atoms with Crippen molar-refractivity contribution in [1.82, 2.24) is 9.97 Å². The zero-order valence-electron chi connectivity index (χ0n) is 10.7. The van der Waals surface area contributed by atoms with E-state index in [2.05, 4.69) is 31.2 Å². The lowest BCUT2D eigenvalue weighted by Gasteiger charge is -2.13. The molecule has 21 heavy (non-hydrogen) atoms. The first-order valence-corrected chi connectivity index (χ1v) is 6.40. The summed E-state index contributed by atoms with van der Waals surface area (Å²) in [5.74, 6) is 0.304. The lowest BCUT2D eigenvalue weighted by molar-refractivity contribution is -0.138. The quantitative estimate of drug-likeness (QED) is 0.872. The molecule has 0 radical (unpaired) electrons. The van der Waals surface area contributed by atoms with Crippen LogP contribution >= 0.6 is 15.9 Å². The average molecular weight is 363 g/mol. The van der Waals surface area contributed by atoms with Crippen LogP contribution in [0.2, 0.25) is 0 Å². The lowest BCUT2D eigenvalue weighted by Crippen LogP contribution is -2.08. The Balaban J connectivity index is 2.37. The molecule has 2 rings (SSSR count). The van der Waals surface area contributed by atoms with Gasteiger partial charge in [0.05, 0.1) is 12.7 Å². The fraction of sp³-hybridized carbons (Fsp3) is 0.167. The molecule has 0 amide bonds. The van der Waals surface area contributed by atoms with Crippen molar-refractivity contribution in [1.29, 1.82) is 0 Å². The van der Waals surface area contributed by atoms with E-state index in [0.717, 1.165) is 6.07 Å². The van der Waals surface area contributed by atoms with Crippen molar-refractivity contribution < 1.29 is 17.9 Å². The summed E-state index contributed by atoms with van der Waals surface area (Å²) in [5, 5.41) is 2.71. The number of nitrogen functional groups attached to an aromatic ring is 1. The second-order valence-corrected chi connectivity index (χ2v) is 4.82. The summed E-state index contributed by atoms with van der Waals surface area (Å²) >= 11 is 2.87. The summed E-state index contributed by atoms with van der Waals surface area (Å²) in [6.45, 7) is 0.